The van der Waals surface area contributed by atoms with Gasteiger partial charge in [-0.25, -0.2) is 0 Å². The Hall–Kier alpha value is -1.14. The van der Waals surface area contributed by atoms with Crippen LogP contribution in [0.2, 0.25) is 0 Å². The van der Waals surface area contributed by atoms with E-state index in [1.165, 1.54) is 0 Å². The lowest BCUT2D eigenvalue weighted by Gasteiger charge is -2.11. The van der Waals surface area contributed by atoms with E-state index in [2.05, 4.69) is 18.7 Å². The molecule has 0 aliphatic carbocycles. The first-order valence-electron chi connectivity index (χ1n) is 4.94. The molecule has 2 nitrogen and oxygen atoms in total. The maximum atomic E-state index is 8.79. The van der Waals surface area contributed by atoms with Crippen molar-refractivity contribution in [2.45, 2.75) is 20.3 Å². The Morgan fingerprint density at radius 2 is 1.93 bits per heavy atom. The van der Waals surface area contributed by atoms with Crippen LogP contribution in [0.5, 0.6) is 5.75 Å². The molecule has 3 heteroatoms. The lowest BCUT2D eigenvalue weighted by molar-refractivity contribution is 0.314. The molecule has 0 aliphatic rings. The highest BCUT2D eigenvalue weighted by Crippen LogP contribution is 2.24. The second-order valence-electron chi connectivity index (χ2n) is 3.48. The number of nitriles is 1. The molecule has 0 heterocycles. The van der Waals surface area contributed by atoms with Crippen molar-refractivity contribution in [3.8, 4) is 11.8 Å². The molecule has 0 bridgehead atoms. The lowest BCUT2D eigenvalue weighted by Crippen LogP contribution is -2.01. The van der Waals surface area contributed by atoms with Crippen molar-refractivity contribution in [2.24, 2.45) is 0 Å². The number of thiol groups is 1. The van der Waals surface area contributed by atoms with Gasteiger partial charge in [0, 0.05) is 0 Å². The highest BCUT2D eigenvalue weighted by molar-refractivity contribution is 7.80. The van der Waals surface area contributed by atoms with E-state index in [4.69, 9.17) is 10.00 Å². The molecular weight excluding hydrogens is 206 g/mol. The van der Waals surface area contributed by atoms with Crippen LogP contribution < -0.4 is 4.74 Å². The van der Waals surface area contributed by atoms with E-state index in [0.29, 0.717) is 12.2 Å². The van der Waals surface area contributed by atoms with Gasteiger partial charge in [-0.15, -0.1) is 0 Å². The number of rotatable bonds is 4. The van der Waals surface area contributed by atoms with E-state index in [9.17, 15) is 0 Å². The number of benzene rings is 1. The summed E-state index contributed by atoms with van der Waals surface area (Å²) in [6.45, 7) is 4.60. The summed E-state index contributed by atoms with van der Waals surface area (Å²) >= 11 is 4.13. The quantitative estimate of drug-likeness (QED) is 0.626. The smallest absolute Gasteiger partial charge is 0.125 e. The fourth-order valence-electron chi connectivity index (χ4n) is 1.48. The molecule has 80 valence electrons. The molecule has 0 saturated carbocycles. The topological polar surface area (TPSA) is 33.0 Å². The van der Waals surface area contributed by atoms with Crippen molar-refractivity contribution in [2.75, 3.05) is 12.4 Å². The molecule has 0 spiro atoms. The minimum Gasteiger partial charge on any atom is -0.493 e. The van der Waals surface area contributed by atoms with E-state index in [1.54, 1.807) is 0 Å². The lowest BCUT2D eigenvalue weighted by atomic mass is 10.1. The summed E-state index contributed by atoms with van der Waals surface area (Å²) in [6, 6.07) is 5.84. The van der Waals surface area contributed by atoms with Gasteiger partial charge in [0.05, 0.1) is 18.2 Å². The Morgan fingerprint density at radius 1 is 1.33 bits per heavy atom. The highest BCUT2D eigenvalue weighted by atomic mass is 32.1. The van der Waals surface area contributed by atoms with E-state index < -0.39 is 0 Å². The van der Waals surface area contributed by atoms with Crippen molar-refractivity contribution < 1.29 is 4.74 Å². The van der Waals surface area contributed by atoms with Crippen molar-refractivity contribution in [3.63, 3.8) is 0 Å². The second kappa shape index (κ2) is 5.67. The fraction of sp³-hybridized carbons (Fsp3) is 0.417. The van der Waals surface area contributed by atoms with Crippen molar-refractivity contribution in [1.29, 1.82) is 5.26 Å². The first-order valence-corrected chi connectivity index (χ1v) is 5.57. The van der Waals surface area contributed by atoms with E-state index in [0.717, 1.165) is 29.1 Å². The van der Waals surface area contributed by atoms with Gasteiger partial charge in [-0.1, -0.05) is 0 Å². The summed E-state index contributed by atoms with van der Waals surface area (Å²) in [5.41, 5.74) is 2.72. The average molecular weight is 221 g/mol. The Morgan fingerprint density at radius 3 is 2.40 bits per heavy atom. The first-order chi connectivity index (χ1) is 7.19. The third kappa shape index (κ3) is 3.17. The summed E-state index contributed by atoms with van der Waals surface area (Å²) in [4.78, 5) is 0. The van der Waals surface area contributed by atoms with Crippen molar-refractivity contribution in [1.82, 2.24) is 0 Å². The zero-order valence-corrected chi connectivity index (χ0v) is 9.97. The van der Waals surface area contributed by atoms with E-state index >= 15 is 0 Å². The minimum atomic E-state index is 0.678. The van der Waals surface area contributed by atoms with Crippen LogP contribution in [0.4, 0.5) is 0 Å². The van der Waals surface area contributed by atoms with E-state index in [-0.39, 0.29) is 0 Å². The fourth-order valence-corrected chi connectivity index (χ4v) is 1.61. The zero-order valence-electron chi connectivity index (χ0n) is 9.08. The van der Waals surface area contributed by atoms with Crippen LogP contribution in [-0.2, 0) is 0 Å². The van der Waals surface area contributed by atoms with Crippen molar-refractivity contribution >= 4 is 12.6 Å². The van der Waals surface area contributed by atoms with Crippen LogP contribution in [0.25, 0.3) is 0 Å². The number of nitrogens with zero attached hydrogens (tertiary/aromatic N) is 1. The molecule has 15 heavy (non-hydrogen) atoms. The van der Waals surface area contributed by atoms with Gasteiger partial charge in [0.2, 0.25) is 0 Å². The predicted molar refractivity (Wildman–Crippen MR) is 64.6 cm³/mol. The van der Waals surface area contributed by atoms with Gasteiger partial charge >= 0.3 is 0 Å². The summed E-state index contributed by atoms with van der Waals surface area (Å²) < 4.78 is 5.65. The Balaban J connectivity index is 2.85. The normalized spacial score (nSPS) is 9.73. The highest BCUT2D eigenvalue weighted by Gasteiger charge is 2.05. The largest absolute Gasteiger partial charge is 0.493 e. The van der Waals surface area contributed by atoms with Gasteiger partial charge < -0.3 is 4.74 Å². The predicted octanol–water partition coefficient (Wildman–Crippen LogP) is 2.87. The van der Waals surface area contributed by atoms with Crippen LogP contribution in [-0.4, -0.2) is 12.4 Å². The maximum Gasteiger partial charge on any atom is 0.125 e. The number of hydrogen-bond acceptors (Lipinski definition) is 3. The molecule has 0 saturated heterocycles. The molecule has 0 fully saturated rings. The molecule has 0 amide bonds. The Labute approximate surface area is 96.3 Å². The maximum absolute atomic E-state index is 8.79. The molecule has 0 atom stereocenters. The third-order valence-electron chi connectivity index (χ3n) is 2.14. The first kappa shape index (κ1) is 11.9. The van der Waals surface area contributed by atoms with Crippen LogP contribution in [0.15, 0.2) is 12.1 Å². The SMILES string of the molecule is Cc1cc(C#N)cc(C)c1OCCCS. The summed E-state index contributed by atoms with van der Waals surface area (Å²) in [6.07, 6.45) is 0.933. The van der Waals surface area contributed by atoms with E-state index in [1.807, 2.05) is 26.0 Å². The molecule has 0 radical (unpaired) electrons. The Bertz CT molecular complexity index is 359. The van der Waals surface area contributed by atoms with Crippen LogP contribution in [0.1, 0.15) is 23.1 Å². The van der Waals surface area contributed by atoms with Gasteiger partial charge in [0.15, 0.2) is 0 Å². The molecule has 0 unspecified atom stereocenters. The molecule has 1 aromatic rings. The van der Waals surface area contributed by atoms with Gasteiger partial charge in [-0.05, 0) is 49.3 Å². The number of aryl methyl sites for hydroxylation is 2. The monoisotopic (exact) mass is 221 g/mol. The standard InChI is InChI=1S/C12H15NOS/c1-9-6-11(8-13)7-10(2)12(9)14-4-3-5-15/h6-7,15H,3-5H2,1-2H3. The van der Waals surface area contributed by atoms with Gasteiger partial charge in [-0.2, -0.15) is 17.9 Å². The summed E-state index contributed by atoms with van der Waals surface area (Å²) in [5.74, 6) is 1.73. The molecule has 0 aliphatic heterocycles. The zero-order chi connectivity index (χ0) is 11.3. The molecule has 0 N–H and O–H groups in total. The van der Waals surface area contributed by atoms with Gasteiger partial charge in [-0.3, -0.25) is 0 Å². The second-order valence-corrected chi connectivity index (χ2v) is 3.92. The van der Waals surface area contributed by atoms with Crippen LogP contribution in [0, 0.1) is 25.2 Å². The number of ether oxygens (including phenoxy) is 1. The molecule has 1 rings (SSSR count). The molecular formula is C12H15NOS. The van der Waals surface area contributed by atoms with Crippen LogP contribution in [0.3, 0.4) is 0 Å². The minimum absolute atomic E-state index is 0.678. The van der Waals surface area contributed by atoms with Gasteiger partial charge in [0.25, 0.3) is 0 Å². The third-order valence-corrected chi connectivity index (χ3v) is 2.45. The van der Waals surface area contributed by atoms with Gasteiger partial charge in [0.1, 0.15) is 5.75 Å². The van der Waals surface area contributed by atoms with Crippen LogP contribution >= 0.6 is 12.6 Å². The Kier molecular flexibility index (Phi) is 4.51. The average Bonchev–Trinajstić information content (AvgIpc) is 2.22. The molecule has 0 aromatic heterocycles. The summed E-state index contributed by atoms with van der Waals surface area (Å²) in [5, 5.41) is 8.79. The van der Waals surface area contributed by atoms with Crippen molar-refractivity contribution in [3.05, 3.63) is 28.8 Å². The summed E-state index contributed by atoms with van der Waals surface area (Å²) in [7, 11) is 0. The number of hydrogen-bond donors (Lipinski definition) is 1. The molecule has 1 aromatic carbocycles.